The first kappa shape index (κ1) is 23.3. The molecule has 0 aliphatic rings. The van der Waals surface area contributed by atoms with Gasteiger partial charge in [0.25, 0.3) is 0 Å². The lowest BCUT2D eigenvalue weighted by Crippen LogP contribution is -2.35. The summed E-state index contributed by atoms with van der Waals surface area (Å²) in [6.45, 7) is 4.02. The fourth-order valence-electron chi connectivity index (χ4n) is 2.98. The van der Waals surface area contributed by atoms with Gasteiger partial charge in [-0.1, -0.05) is 84.5 Å². The summed E-state index contributed by atoms with van der Waals surface area (Å²) in [5.41, 5.74) is 5.86. The lowest BCUT2D eigenvalue weighted by atomic mass is 9.97. The fourth-order valence-corrected chi connectivity index (χ4v) is 2.98. The Balaban J connectivity index is 3.18. The maximum Gasteiger partial charge on any atom is 0.198 e. The lowest BCUT2D eigenvalue weighted by Gasteiger charge is -2.13. The zero-order valence-corrected chi connectivity index (χ0v) is 16.2. The Morgan fingerprint density at radius 3 is 1.50 bits per heavy atom. The molecule has 1 atom stereocenters. The number of hydrogen-bond acceptors (Lipinski definition) is 3. The summed E-state index contributed by atoms with van der Waals surface area (Å²) in [5.74, 6) is 0.488. The van der Waals surface area contributed by atoms with Crippen LogP contribution in [0.3, 0.4) is 0 Å². The first-order chi connectivity index (χ1) is 11.6. The molecule has 141 valence electrons. The smallest absolute Gasteiger partial charge is 0.198 e. The van der Waals surface area contributed by atoms with E-state index in [-0.39, 0.29) is 17.7 Å². The average Bonchev–Trinajstić information content (AvgIpc) is 2.57. The van der Waals surface area contributed by atoms with E-state index in [0.29, 0.717) is 12.8 Å². The number of hydrogen-bond donors (Lipinski definition) is 1. The Hall–Kier alpha value is -0.700. The first-order valence-corrected chi connectivity index (χ1v) is 10.2. The lowest BCUT2D eigenvalue weighted by molar-refractivity contribution is -0.121. The van der Waals surface area contributed by atoms with E-state index in [0.717, 1.165) is 19.3 Å². The molecule has 0 spiro atoms. The van der Waals surface area contributed by atoms with Gasteiger partial charge in [-0.05, 0) is 18.8 Å². The Morgan fingerprint density at radius 2 is 1.12 bits per heavy atom. The number of rotatable bonds is 18. The predicted octanol–water partition coefficient (Wildman–Crippen LogP) is 5.50. The number of carbonyl (C=O) groups excluding carboxylic acids is 2. The van der Waals surface area contributed by atoms with E-state index < -0.39 is 0 Å². The van der Waals surface area contributed by atoms with E-state index in [1.165, 1.54) is 64.2 Å². The number of unbranched alkanes of at least 4 members (excludes halogenated alkanes) is 13. The van der Waals surface area contributed by atoms with Gasteiger partial charge in [-0.3, -0.25) is 9.59 Å². The SMILES string of the molecule is CC(C)[C@H](N)C(=O)CCCCCCCCCCCCCCC[C]=O. The molecule has 0 bridgehead atoms. The molecule has 0 saturated carbocycles. The van der Waals surface area contributed by atoms with Gasteiger partial charge in [-0.25, -0.2) is 0 Å². The molecular formula is C21H40NO2. The molecule has 3 nitrogen and oxygen atoms in total. The highest BCUT2D eigenvalue weighted by Gasteiger charge is 2.15. The van der Waals surface area contributed by atoms with Gasteiger partial charge in [0, 0.05) is 12.8 Å². The highest BCUT2D eigenvalue weighted by molar-refractivity contribution is 5.83. The monoisotopic (exact) mass is 338 g/mol. The van der Waals surface area contributed by atoms with Crippen molar-refractivity contribution >= 4 is 12.1 Å². The normalized spacial score (nSPS) is 12.5. The average molecular weight is 339 g/mol. The van der Waals surface area contributed by atoms with Gasteiger partial charge in [-0.15, -0.1) is 0 Å². The molecule has 24 heavy (non-hydrogen) atoms. The van der Waals surface area contributed by atoms with Gasteiger partial charge in [0.15, 0.2) is 6.29 Å². The minimum Gasteiger partial charge on any atom is -0.321 e. The molecule has 0 heterocycles. The Labute approximate surface area is 150 Å². The van der Waals surface area contributed by atoms with Crippen molar-refractivity contribution in [3.63, 3.8) is 0 Å². The van der Waals surface area contributed by atoms with Crippen LogP contribution in [-0.2, 0) is 9.59 Å². The van der Waals surface area contributed by atoms with Gasteiger partial charge in [0.2, 0.25) is 0 Å². The van der Waals surface area contributed by atoms with Crippen LogP contribution in [0.5, 0.6) is 0 Å². The third-order valence-electron chi connectivity index (χ3n) is 4.79. The van der Waals surface area contributed by atoms with Gasteiger partial charge in [0.05, 0.1) is 6.04 Å². The van der Waals surface area contributed by atoms with E-state index in [1.807, 2.05) is 20.1 Å². The maximum absolute atomic E-state index is 11.8. The van der Waals surface area contributed by atoms with E-state index in [9.17, 15) is 9.59 Å². The summed E-state index contributed by atoms with van der Waals surface area (Å²) in [4.78, 5) is 21.8. The second kappa shape index (κ2) is 17.1. The van der Waals surface area contributed by atoms with Crippen LogP contribution >= 0.6 is 0 Å². The van der Waals surface area contributed by atoms with Gasteiger partial charge in [0.1, 0.15) is 5.78 Å². The van der Waals surface area contributed by atoms with Crippen LogP contribution in [-0.4, -0.2) is 18.1 Å². The molecule has 0 aromatic rings. The van der Waals surface area contributed by atoms with E-state index in [2.05, 4.69) is 0 Å². The van der Waals surface area contributed by atoms with Crippen LogP contribution < -0.4 is 5.73 Å². The molecule has 0 rings (SSSR count). The fraction of sp³-hybridized carbons (Fsp3) is 0.905. The minimum atomic E-state index is -0.270. The highest BCUT2D eigenvalue weighted by Crippen LogP contribution is 2.14. The van der Waals surface area contributed by atoms with Crippen molar-refractivity contribution in [3.05, 3.63) is 0 Å². The van der Waals surface area contributed by atoms with Crippen molar-refractivity contribution in [1.82, 2.24) is 0 Å². The summed E-state index contributed by atoms with van der Waals surface area (Å²) < 4.78 is 0. The summed E-state index contributed by atoms with van der Waals surface area (Å²) in [6.07, 6.45) is 19.4. The number of nitrogens with two attached hydrogens (primary N) is 1. The van der Waals surface area contributed by atoms with E-state index >= 15 is 0 Å². The molecule has 0 aromatic carbocycles. The second-order valence-electron chi connectivity index (χ2n) is 7.48. The van der Waals surface area contributed by atoms with Gasteiger partial charge >= 0.3 is 0 Å². The zero-order valence-electron chi connectivity index (χ0n) is 16.2. The number of ketones is 1. The van der Waals surface area contributed by atoms with Crippen molar-refractivity contribution in [2.45, 2.75) is 116 Å². The molecule has 0 saturated heterocycles. The minimum absolute atomic E-state index is 0.231. The zero-order chi connectivity index (χ0) is 18.0. The van der Waals surface area contributed by atoms with Crippen LogP contribution in [0, 0.1) is 5.92 Å². The summed E-state index contributed by atoms with van der Waals surface area (Å²) in [6, 6.07) is -0.270. The van der Waals surface area contributed by atoms with E-state index in [1.54, 1.807) is 0 Å². The van der Waals surface area contributed by atoms with Crippen molar-refractivity contribution in [2.24, 2.45) is 11.7 Å². The molecule has 3 heteroatoms. The van der Waals surface area contributed by atoms with Crippen LogP contribution in [0.4, 0.5) is 0 Å². The molecule has 0 amide bonds. The highest BCUT2D eigenvalue weighted by atomic mass is 16.1. The molecular weight excluding hydrogens is 298 g/mol. The molecule has 0 unspecified atom stereocenters. The van der Waals surface area contributed by atoms with Crippen LogP contribution in [0.2, 0.25) is 0 Å². The summed E-state index contributed by atoms with van der Waals surface area (Å²) in [7, 11) is 0. The summed E-state index contributed by atoms with van der Waals surface area (Å²) in [5, 5.41) is 0. The van der Waals surface area contributed by atoms with Gasteiger partial charge < -0.3 is 5.73 Å². The molecule has 0 aliphatic heterocycles. The molecule has 1 radical (unpaired) electrons. The molecule has 2 N–H and O–H groups in total. The first-order valence-electron chi connectivity index (χ1n) is 10.2. The van der Waals surface area contributed by atoms with Crippen LogP contribution in [0.15, 0.2) is 0 Å². The standard InChI is InChI=1S/C21H40NO2/c1-19(2)21(22)20(24)17-15-13-11-9-7-5-3-4-6-8-10-12-14-16-18-23/h19,21H,3-17,22H2,1-2H3/t21-/m0/s1. The Bertz CT molecular complexity index is 302. The van der Waals surface area contributed by atoms with E-state index in [4.69, 9.17) is 5.73 Å². The third kappa shape index (κ3) is 14.9. The van der Waals surface area contributed by atoms with Crippen LogP contribution in [0.1, 0.15) is 110 Å². The summed E-state index contributed by atoms with van der Waals surface area (Å²) >= 11 is 0. The number of carbonyl (C=O) groups is 1. The quantitative estimate of drug-likeness (QED) is 0.336. The largest absolute Gasteiger partial charge is 0.321 e. The molecule has 0 fully saturated rings. The Morgan fingerprint density at radius 1 is 0.750 bits per heavy atom. The number of Topliss-reactive ketones (excluding diaryl/α,β-unsaturated/α-hetero) is 1. The van der Waals surface area contributed by atoms with Crippen molar-refractivity contribution < 1.29 is 9.59 Å². The van der Waals surface area contributed by atoms with Crippen molar-refractivity contribution in [3.8, 4) is 0 Å². The second-order valence-corrected chi connectivity index (χ2v) is 7.48. The van der Waals surface area contributed by atoms with Gasteiger partial charge in [-0.2, -0.15) is 0 Å². The molecule has 0 aliphatic carbocycles. The predicted molar refractivity (Wildman–Crippen MR) is 103 cm³/mol. The van der Waals surface area contributed by atoms with Crippen LogP contribution in [0.25, 0.3) is 0 Å². The Kier molecular flexibility index (Phi) is 16.6. The topological polar surface area (TPSA) is 60.2 Å². The third-order valence-corrected chi connectivity index (χ3v) is 4.79. The van der Waals surface area contributed by atoms with Crippen molar-refractivity contribution in [2.75, 3.05) is 0 Å². The maximum atomic E-state index is 11.8. The molecule has 0 aromatic heterocycles. The van der Waals surface area contributed by atoms with Crippen molar-refractivity contribution in [1.29, 1.82) is 0 Å².